The van der Waals surface area contributed by atoms with E-state index in [1.165, 1.54) is 0 Å². The maximum Gasteiger partial charge on any atom is 0.196 e. The highest BCUT2D eigenvalue weighted by Crippen LogP contribution is 1.98. The van der Waals surface area contributed by atoms with Crippen molar-refractivity contribution in [3.63, 3.8) is 0 Å². The predicted molar refractivity (Wildman–Crippen MR) is 43.9 cm³/mol. The van der Waals surface area contributed by atoms with Crippen molar-refractivity contribution in [1.29, 1.82) is 0 Å². The molecule has 0 fully saturated rings. The van der Waals surface area contributed by atoms with Crippen LogP contribution >= 0.6 is 0 Å². The van der Waals surface area contributed by atoms with Crippen molar-refractivity contribution in [3.05, 3.63) is 24.5 Å². The summed E-state index contributed by atoms with van der Waals surface area (Å²) >= 11 is 0. The van der Waals surface area contributed by atoms with Gasteiger partial charge in [-0.1, -0.05) is 0 Å². The number of rotatable bonds is 3. The lowest BCUT2D eigenvalue weighted by Crippen LogP contribution is -2.56. The minimum atomic E-state index is 0.928. The zero-order valence-electron chi connectivity index (χ0n) is 6.88. The molecular formula is C8H15N3+2. The number of pyridine rings is 1. The zero-order valence-corrected chi connectivity index (χ0v) is 6.88. The lowest BCUT2D eigenvalue weighted by atomic mass is 10.4. The van der Waals surface area contributed by atoms with Crippen molar-refractivity contribution >= 4 is 5.69 Å². The first kappa shape index (κ1) is 8.01. The number of aromatic nitrogens is 1. The summed E-state index contributed by atoms with van der Waals surface area (Å²) in [7, 11) is 1.92. The van der Waals surface area contributed by atoms with Gasteiger partial charge in [-0.3, -0.25) is 0 Å². The number of hydrogen-bond donors (Lipinski definition) is 2. The van der Waals surface area contributed by atoms with E-state index in [2.05, 4.69) is 21.8 Å². The fourth-order valence-corrected chi connectivity index (χ4v) is 0.992. The van der Waals surface area contributed by atoms with Crippen molar-refractivity contribution in [3.8, 4) is 0 Å². The van der Waals surface area contributed by atoms with Gasteiger partial charge in [-0.05, 0) is 6.07 Å². The second-order valence-electron chi connectivity index (χ2n) is 2.43. The molecule has 0 aliphatic heterocycles. The maximum atomic E-state index is 3.80. The number of hydrogen-bond acceptors (Lipinski definition) is 1. The highest BCUT2D eigenvalue weighted by molar-refractivity contribution is 5.36. The Kier molecular flexibility index (Phi) is 2.86. The minimum absolute atomic E-state index is 0.928. The van der Waals surface area contributed by atoms with Crippen molar-refractivity contribution in [2.75, 3.05) is 18.9 Å². The molecular weight excluding hydrogens is 138 g/mol. The Hall–Kier alpha value is -1.09. The molecule has 3 heteroatoms. The third kappa shape index (κ3) is 2.20. The number of anilines is 1. The van der Waals surface area contributed by atoms with Crippen LogP contribution in [-0.2, 0) is 6.54 Å². The van der Waals surface area contributed by atoms with Gasteiger partial charge in [-0.15, -0.1) is 0 Å². The van der Waals surface area contributed by atoms with Crippen LogP contribution in [0.4, 0.5) is 5.69 Å². The monoisotopic (exact) mass is 153 g/mol. The molecule has 0 aliphatic rings. The van der Waals surface area contributed by atoms with Crippen LogP contribution in [0.1, 0.15) is 0 Å². The number of nitrogens with one attached hydrogen (secondary N) is 1. The average molecular weight is 153 g/mol. The highest BCUT2D eigenvalue weighted by Gasteiger charge is 1.99. The second kappa shape index (κ2) is 3.93. The fraction of sp³-hybridized carbons (Fsp3) is 0.375. The molecule has 0 aromatic carbocycles. The van der Waals surface area contributed by atoms with Crippen LogP contribution < -0.4 is 15.6 Å². The molecule has 1 rings (SSSR count). The van der Waals surface area contributed by atoms with E-state index < -0.39 is 0 Å². The molecule has 0 aliphatic carbocycles. The Morgan fingerprint density at radius 2 is 2.45 bits per heavy atom. The Balaban J connectivity index is 2.74. The van der Waals surface area contributed by atoms with Crippen LogP contribution in [0.2, 0.25) is 0 Å². The summed E-state index contributed by atoms with van der Waals surface area (Å²) in [4.78, 5) is 0. The molecule has 0 bridgehead atoms. The second-order valence-corrected chi connectivity index (χ2v) is 2.43. The van der Waals surface area contributed by atoms with E-state index in [-0.39, 0.29) is 0 Å². The Labute approximate surface area is 66.8 Å². The lowest BCUT2D eigenvalue weighted by Gasteiger charge is -1.96. The standard InChI is InChI=1S/C8H14N3/c1-10-8-3-2-5-11(7-8)6-4-9/h2-3,5,7,10H,4,6,9H2,1H3/q+1/p+1. The predicted octanol–water partition coefficient (Wildman–Crippen LogP) is -0.742. The first-order valence-corrected chi connectivity index (χ1v) is 3.83. The average Bonchev–Trinajstić information content (AvgIpc) is 2.06. The van der Waals surface area contributed by atoms with Gasteiger partial charge in [0.05, 0.1) is 5.69 Å². The van der Waals surface area contributed by atoms with Gasteiger partial charge < -0.3 is 11.1 Å². The highest BCUT2D eigenvalue weighted by atomic mass is 15.0. The Bertz CT molecular complexity index is 222. The van der Waals surface area contributed by atoms with Gasteiger partial charge in [-0.2, -0.15) is 4.57 Å². The third-order valence-corrected chi connectivity index (χ3v) is 1.56. The van der Waals surface area contributed by atoms with Crippen LogP contribution in [0.15, 0.2) is 24.5 Å². The summed E-state index contributed by atoms with van der Waals surface area (Å²) < 4.78 is 2.12. The van der Waals surface area contributed by atoms with Gasteiger partial charge in [0.1, 0.15) is 6.54 Å². The van der Waals surface area contributed by atoms with Gasteiger partial charge in [0.25, 0.3) is 0 Å². The molecule has 0 atom stereocenters. The van der Waals surface area contributed by atoms with Gasteiger partial charge in [0.2, 0.25) is 0 Å². The molecule has 1 heterocycles. The molecule has 60 valence electrons. The van der Waals surface area contributed by atoms with Gasteiger partial charge >= 0.3 is 0 Å². The number of quaternary nitrogens is 1. The molecule has 3 nitrogen and oxygen atoms in total. The van der Waals surface area contributed by atoms with E-state index in [0.29, 0.717) is 0 Å². The zero-order chi connectivity index (χ0) is 8.10. The van der Waals surface area contributed by atoms with E-state index in [9.17, 15) is 0 Å². The van der Waals surface area contributed by atoms with E-state index in [1.807, 2.05) is 25.4 Å². The van der Waals surface area contributed by atoms with Crippen molar-refractivity contribution in [1.82, 2.24) is 0 Å². The SMILES string of the molecule is CNc1ccc[n+](CC[NH3+])c1. The van der Waals surface area contributed by atoms with E-state index in [0.717, 1.165) is 18.8 Å². The molecule has 11 heavy (non-hydrogen) atoms. The molecule has 0 radical (unpaired) electrons. The molecule has 1 aromatic heterocycles. The lowest BCUT2D eigenvalue weighted by molar-refractivity contribution is -0.711. The molecule has 1 aromatic rings. The van der Waals surface area contributed by atoms with Crippen LogP contribution in [0, 0.1) is 0 Å². The molecule has 0 saturated carbocycles. The molecule has 0 amide bonds. The summed E-state index contributed by atoms with van der Waals surface area (Å²) in [5.74, 6) is 0. The minimum Gasteiger partial charge on any atom is -0.383 e. The molecule has 0 saturated heterocycles. The fourth-order valence-electron chi connectivity index (χ4n) is 0.992. The van der Waals surface area contributed by atoms with Crippen LogP contribution in [0.3, 0.4) is 0 Å². The summed E-state index contributed by atoms with van der Waals surface area (Å²) in [6.45, 7) is 1.91. The topological polar surface area (TPSA) is 43.5 Å². The quantitative estimate of drug-likeness (QED) is 0.552. The van der Waals surface area contributed by atoms with Crippen molar-refractivity contribution in [2.24, 2.45) is 0 Å². The molecule has 0 unspecified atom stereocenters. The molecule has 4 N–H and O–H groups in total. The first-order valence-electron chi connectivity index (χ1n) is 3.83. The van der Waals surface area contributed by atoms with Crippen molar-refractivity contribution < 1.29 is 10.3 Å². The summed E-state index contributed by atoms with van der Waals surface area (Å²) in [5, 5.41) is 3.08. The van der Waals surface area contributed by atoms with Crippen LogP contribution in [0.25, 0.3) is 0 Å². The largest absolute Gasteiger partial charge is 0.383 e. The summed E-state index contributed by atoms with van der Waals surface area (Å²) in [6.07, 6.45) is 4.12. The third-order valence-electron chi connectivity index (χ3n) is 1.56. The smallest absolute Gasteiger partial charge is 0.196 e. The van der Waals surface area contributed by atoms with Crippen molar-refractivity contribution in [2.45, 2.75) is 6.54 Å². The Morgan fingerprint density at radius 1 is 1.64 bits per heavy atom. The Morgan fingerprint density at radius 3 is 3.09 bits per heavy atom. The van der Waals surface area contributed by atoms with E-state index in [1.54, 1.807) is 0 Å². The first-order chi connectivity index (χ1) is 5.36. The van der Waals surface area contributed by atoms with E-state index >= 15 is 0 Å². The molecule has 0 spiro atoms. The summed E-state index contributed by atoms with van der Waals surface area (Å²) in [6, 6.07) is 4.07. The summed E-state index contributed by atoms with van der Waals surface area (Å²) in [5.41, 5.74) is 4.93. The van der Waals surface area contributed by atoms with Gasteiger partial charge in [0, 0.05) is 13.1 Å². The van der Waals surface area contributed by atoms with Crippen LogP contribution in [-0.4, -0.2) is 13.6 Å². The normalized spacial score (nSPS) is 9.64. The maximum absolute atomic E-state index is 3.80. The van der Waals surface area contributed by atoms with Gasteiger partial charge in [-0.25, -0.2) is 0 Å². The van der Waals surface area contributed by atoms with Crippen LogP contribution in [0.5, 0.6) is 0 Å². The number of nitrogens with zero attached hydrogens (tertiary/aromatic N) is 1. The van der Waals surface area contributed by atoms with E-state index in [4.69, 9.17) is 0 Å². The van der Waals surface area contributed by atoms with Gasteiger partial charge in [0.15, 0.2) is 18.9 Å².